The number of para-hydroxylation sites is 2. The molecule has 3 aromatic carbocycles. The molecule has 22 heavy (non-hydrogen) atoms. The predicted octanol–water partition coefficient (Wildman–Crippen LogP) is 4.74. The molecular weight excluding hydrogens is 294 g/mol. The third kappa shape index (κ3) is 3.08. The Bertz CT molecular complexity index is 719. The summed E-state index contributed by atoms with van der Waals surface area (Å²) in [5.41, 5.74) is 3.00. The summed E-state index contributed by atoms with van der Waals surface area (Å²) >= 11 is -1.96. The summed E-state index contributed by atoms with van der Waals surface area (Å²) < 4.78 is 20.3. The van der Waals surface area contributed by atoms with Crippen molar-refractivity contribution in [2.75, 3.05) is 4.90 Å². The standard InChI is InChI=1S/C18H15NO2S/c20-22(21)18-13-11-17(12-14-18)19(15-7-3-1-4-8-15)16-9-5-2-6-10-16/h1-14H,(H,20,21). The highest BCUT2D eigenvalue weighted by molar-refractivity contribution is 7.79. The first-order valence-electron chi connectivity index (χ1n) is 6.87. The number of rotatable bonds is 4. The fraction of sp³-hybridized carbons (Fsp3) is 0. The van der Waals surface area contributed by atoms with Gasteiger partial charge in [0.05, 0.1) is 4.90 Å². The first-order valence-corrected chi connectivity index (χ1v) is 7.97. The number of benzene rings is 3. The van der Waals surface area contributed by atoms with Gasteiger partial charge in [0.1, 0.15) is 0 Å². The lowest BCUT2D eigenvalue weighted by atomic mass is 10.2. The third-order valence-electron chi connectivity index (χ3n) is 3.33. The lowest BCUT2D eigenvalue weighted by Gasteiger charge is -2.25. The highest BCUT2D eigenvalue weighted by Gasteiger charge is 2.12. The van der Waals surface area contributed by atoms with Crippen LogP contribution < -0.4 is 4.90 Å². The van der Waals surface area contributed by atoms with Crippen LogP contribution in [0.1, 0.15) is 0 Å². The second kappa shape index (κ2) is 6.56. The van der Waals surface area contributed by atoms with Crippen molar-refractivity contribution in [1.29, 1.82) is 0 Å². The van der Waals surface area contributed by atoms with E-state index in [1.807, 2.05) is 72.8 Å². The van der Waals surface area contributed by atoms with Crippen molar-refractivity contribution in [2.45, 2.75) is 4.90 Å². The van der Waals surface area contributed by atoms with Gasteiger partial charge in [-0.05, 0) is 48.5 Å². The Kier molecular flexibility index (Phi) is 4.32. The molecule has 0 bridgehead atoms. The average Bonchev–Trinajstić information content (AvgIpc) is 2.57. The maximum Gasteiger partial charge on any atom is 0.186 e. The number of hydrogen-bond donors (Lipinski definition) is 1. The van der Waals surface area contributed by atoms with E-state index >= 15 is 0 Å². The highest BCUT2D eigenvalue weighted by atomic mass is 32.2. The van der Waals surface area contributed by atoms with Crippen LogP contribution in [0, 0.1) is 0 Å². The molecule has 3 rings (SSSR count). The molecule has 0 saturated carbocycles. The summed E-state index contributed by atoms with van der Waals surface area (Å²) in [6, 6.07) is 27.1. The minimum Gasteiger partial charge on any atom is -0.311 e. The summed E-state index contributed by atoms with van der Waals surface area (Å²) in [6.45, 7) is 0. The van der Waals surface area contributed by atoms with E-state index in [9.17, 15) is 4.21 Å². The van der Waals surface area contributed by atoms with E-state index in [1.165, 1.54) is 0 Å². The Labute approximate surface area is 132 Å². The zero-order chi connectivity index (χ0) is 15.4. The molecular formula is C18H15NO2S. The number of nitrogens with zero attached hydrogens (tertiary/aromatic N) is 1. The second-order valence-corrected chi connectivity index (χ2v) is 5.72. The molecule has 0 fully saturated rings. The van der Waals surface area contributed by atoms with Crippen LogP contribution in [0.25, 0.3) is 0 Å². The Morgan fingerprint density at radius 3 is 1.45 bits per heavy atom. The third-order valence-corrected chi connectivity index (χ3v) is 4.00. The molecule has 0 aliphatic heterocycles. The van der Waals surface area contributed by atoms with Crippen molar-refractivity contribution in [2.24, 2.45) is 0 Å². The molecule has 0 aliphatic carbocycles. The van der Waals surface area contributed by atoms with E-state index in [0.717, 1.165) is 17.1 Å². The van der Waals surface area contributed by atoms with Crippen LogP contribution >= 0.6 is 0 Å². The minimum absolute atomic E-state index is 0.393. The maximum atomic E-state index is 11.1. The molecule has 0 aromatic heterocycles. The molecule has 4 heteroatoms. The molecule has 110 valence electrons. The molecule has 0 spiro atoms. The fourth-order valence-electron chi connectivity index (χ4n) is 2.31. The summed E-state index contributed by atoms with van der Waals surface area (Å²) in [5, 5.41) is 0. The Hall–Kier alpha value is -2.43. The van der Waals surface area contributed by atoms with Crippen LogP contribution in [0.15, 0.2) is 89.8 Å². The molecule has 1 atom stereocenters. The molecule has 3 aromatic rings. The number of anilines is 3. The van der Waals surface area contributed by atoms with Crippen molar-refractivity contribution in [3.8, 4) is 0 Å². The van der Waals surface area contributed by atoms with Gasteiger partial charge in [0.25, 0.3) is 0 Å². The zero-order valence-electron chi connectivity index (χ0n) is 11.8. The highest BCUT2D eigenvalue weighted by Crippen LogP contribution is 2.34. The normalized spacial score (nSPS) is 11.9. The maximum absolute atomic E-state index is 11.1. The van der Waals surface area contributed by atoms with Gasteiger partial charge in [-0.3, -0.25) is 0 Å². The van der Waals surface area contributed by atoms with Crippen LogP contribution in [0.5, 0.6) is 0 Å². The van der Waals surface area contributed by atoms with Crippen molar-refractivity contribution < 1.29 is 8.76 Å². The second-order valence-electron chi connectivity index (χ2n) is 4.75. The van der Waals surface area contributed by atoms with Gasteiger partial charge < -0.3 is 9.45 Å². The van der Waals surface area contributed by atoms with Gasteiger partial charge in [0.15, 0.2) is 11.1 Å². The SMILES string of the molecule is O=S(O)c1ccc(N(c2ccccc2)c2ccccc2)cc1. The molecule has 0 amide bonds. The summed E-state index contributed by atoms with van der Waals surface area (Å²) in [4.78, 5) is 2.49. The van der Waals surface area contributed by atoms with E-state index in [2.05, 4.69) is 4.90 Å². The molecule has 0 aliphatic rings. The lowest BCUT2D eigenvalue weighted by Crippen LogP contribution is -2.09. The lowest BCUT2D eigenvalue weighted by molar-refractivity contribution is 0.564. The number of hydrogen-bond acceptors (Lipinski definition) is 2. The quantitative estimate of drug-likeness (QED) is 0.708. The monoisotopic (exact) mass is 309 g/mol. The first kappa shape index (κ1) is 14.5. The molecule has 1 unspecified atom stereocenters. The molecule has 0 heterocycles. The Balaban J connectivity index is 2.08. The van der Waals surface area contributed by atoms with Crippen LogP contribution in [-0.2, 0) is 11.1 Å². The van der Waals surface area contributed by atoms with Crippen LogP contribution in [0.3, 0.4) is 0 Å². The van der Waals surface area contributed by atoms with Crippen LogP contribution in [-0.4, -0.2) is 8.76 Å². The van der Waals surface area contributed by atoms with E-state index in [1.54, 1.807) is 12.1 Å². The van der Waals surface area contributed by atoms with Crippen LogP contribution in [0.2, 0.25) is 0 Å². The largest absolute Gasteiger partial charge is 0.311 e. The predicted molar refractivity (Wildman–Crippen MR) is 90.2 cm³/mol. The minimum atomic E-state index is -1.96. The van der Waals surface area contributed by atoms with Gasteiger partial charge in [-0.25, -0.2) is 4.21 Å². The summed E-state index contributed by atoms with van der Waals surface area (Å²) in [5.74, 6) is 0. The van der Waals surface area contributed by atoms with Crippen molar-refractivity contribution in [3.63, 3.8) is 0 Å². The van der Waals surface area contributed by atoms with Gasteiger partial charge >= 0.3 is 0 Å². The van der Waals surface area contributed by atoms with Gasteiger partial charge in [-0.1, -0.05) is 36.4 Å². The van der Waals surface area contributed by atoms with E-state index in [4.69, 9.17) is 4.55 Å². The molecule has 0 saturated heterocycles. The Morgan fingerprint density at radius 2 is 1.05 bits per heavy atom. The van der Waals surface area contributed by atoms with Crippen molar-refractivity contribution >= 4 is 28.1 Å². The molecule has 1 N–H and O–H groups in total. The topological polar surface area (TPSA) is 40.5 Å². The first-order chi connectivity index (χ1) is 10.8. The zero-order valence-corrected chi connectivity index (χ0v) is 12.6. The summed E-state index contributed by atoms with van der Waals surface area (Å²) in [6.07, 6.45) is 0. The van der Waals surface area contributed by atoms with Crippen LogP contribution in [0.4, 0.5) is 17.1 Å². The van der Waals surface area contributed by atoms with E-state index in [0.29, 0.717) is 4.90 Å². The van der Waals surface area contributed by atoms with E-state index in [-0.39, 0.29) is 0 Å². The Morgan fingerprint density at radius 1 is 0.636 bits per heavy atom. The van der Waals surface area contributed by atoms with Gasteiger partial charge in [0.2, 0.25) is 0 Å². The fourth-order valence-corrected chi connectivity index (χ4v) is 2.68. The van der Waals surface area contributed by atoms with Crippen molar-refractivity contribution in [3.05, 3.63) is 84.9 Å². The smallest absolute Gasteiger partial charge is 0.186 e. The molecule has 3 nitrogen and oxygen atoms in total. The summed E-state index contributed by atoms with van der Waals surface area (Å²) in [7, 11) is 0. The van der Waals surface area contributed by atoms with Crippen molar-refractivity contribution in [1.82, 2.24) is 0 Å². The van der Waals surface area contributed by atoms with E-state index < -0.39 is 11.1 Å². The average molecular weight is 309 g/mol. The van der Waals surface area contributed by atoms with Gasteiger partial charge in [-0.15, -0.1) is 0 Å². The molecule has 0 radical (unpaired) electrons. The van der Waals surface area contributed by atoms with Gasteiger partial charge in [0, 0.05) is 17.1 Å². The van der Waals surface area contributed by atoms with Gasteiger partial charge in [-0.2, -0.15) is 0 Å².